The van der Waals surface area contributed by atoms with Crippen molar-refractivity contribution in [3.05, 3.63) is 58.2 Å². The zero-order chi connectivity index (χ0) is 22.0. The molecule has 0 saturated heterocycles. The Balaban J connectivity index is 1.71. The highest BCUT2D eigenvalue weighted by Crippen LogP contribution is 2.28. The zero-order valence-corrected chi connectivity index (χ0v) is 18.2. The number of hydrogen-bond acceptors (Lipinski definition) is 5. The van der Waals surface area contributed by atoms with Crippen molar-refractivity contribution in [3.63, 3.8) is 0 Å². The molecule has 2 aromatic heterocycles. The van der Waals surface area contributed by atoms with Crippen molar-refractivity contribution in [1.29, 1.82) is 0 Å². The molecule has 1 amide bonds. The van der Waals surface area contributed by atoms with E-state index < -0.39 is 5.69 Å². The molecular formula is C22H24ClN5O3. The van der Waals surface area contributed by atoms with Crippen LogP contribution in [0.3, 0.4) is 0 Å². The Hall–Kier alpha value is -3.13. The maximum Gasteiger partial charge on any atom is 0.351 e. The molecule has 1 saturated carbocycles. The molecule has 0 aliphatic heterocycles. The fourth-order valence-corrected chi connectivity index (χ4v) is 3.40. The van der Waals surface area contributed by atoms with E-state index in [-0.39, 0.29) is 18.6 Å². The lowest BCUT2D eigenvalue weighted by Crippen LogP contribution is -2.34. The lowest BCUT2D eigenvalue weighted by atomic mass is 10.2. The number of ether oxygens (including phenoxy) is 1. The van der Waals surface area contributed by atoms with E-state index in [0.717, 1.165) is 17.5 Å². The summed E-state index contributed by atoms with van der Waals surface area (Å²) >= 11 is 6.33. The third-order valence-electron chi connectivity index (χ3n) is 4.90. The highest BCUT2D eigenvalue weighted by Gasteiger charge is 2.23. The van der Waals surface area contributed by atoms with Crippen LogP contribution in [-0.4, -0.2) is 37.9 Å². The minimum Gasteiger partial charge on any atom is -0.491 e. The third kappa shape index (κ3) is 4.96. The predicted octanol–water partition coefficient (Wildman–Crippen LogP) is 3.06. The van der Waals surface area contributed by atoms with Crippen LogP contribution in [0, 0.1) is 5.92 Å². The molecule has 2 heterocycles. The summed E-state index contributed by atoms with van der Waals surface area (Å²) in [6.07, 6.45) is 5.38. The molecule has 1 N–H and O–H groups in total. The smallest absolute Gasteiger partial charge is 0.351 e. The van der Waals surface area contributed by atoms with Crippen molar-refractivity contribution >= 4 is 17.5 Å². The molecule has 1 aliphatic rings. The number of amides is 1. The third-order valence-corrected chi connectivity index (χ3v) is 5.20. The van der Waals surface area contributed by atoms with Crippen LogP contribution < -0.4 is 15.7 Å². The molecule has 1 aromatic carbocycles. The van der Waals surface area contributed by atoms with Crippen molar-refractivity contribution in [2.45, 2.75) is 39.3 Å². The van der Waals surface area contributed by atoms with Gasteiger partial charge in [0, 0.05) is 24.5 Å². The molecular weight excluding hydrogens is 418 g/mol. The Bertz CT molecular complexity index is 1130. The summed E-state index contributed by atoms with van der Waals surface area (Å²) in [5.41, 5.74) is 0.712. The van der Waals surface area contributed by atoms with E-state index in [4.69, 9.17) is 16.3 Å². The van der Waals surface area contributed by atoms with Crippen LogP contribution in [0.4, 0.5) is 0 Å². The number of nitrogens with one attached hydrogen (secondary N) is 1. The van der Waals surface area contributed by atoms with Crippen molar-refractivity contribution in [1.82, 2.24) is 24.6 Å². The number of rotatable bonds is 8. The molecule has 162 valence electrons. The first-order chi connectivity index (χ1) is 14.9. The summed E-state index contributed by atoms with van der Waals surface area (Å²) in [5.74, 6) is 1.34. The lowest BCUT2D eigenvalue weighted by Gasteiger charge is -2.11. The monoisotopic (exact) mass is 441 g/mol. The second kappa shape index (κ2) is 8.93. The van der Waals surface area contributed by atoms with Gasteiger partial charge in [-0.05, 0) is 62.9 Å². The predicted molar refractivity (Wildman–Crippen MR) is 118 cm³/mol. The number of halogens is 1. The summed E-state index contributed by atoms with van der Waals surface area (Å²) in [7, 11) is 0. The minimum atomic E-state index is -0.429. The fraction of sp³-hybridized carbons (Fsp3) is 0.364. The molecule has 0 radical (unpaired) electrons. The Labute approximate surface area is 184 Å². The Morgan fingerprint density at radius 3 is 2.65 bits per heavy atom. The summed E-state index contributed by atoms with van der Waals surface area (Å²) in [6.45, 7) is 4.36. The second-order valence-electron chi connectivity index (χ2n) is 7.86. The van der Waals surface area contributed by atoms with Gasteiger partial charge in [0.05, 0.1) is 16.8 Å². The molecule has 1 fully saturated rings. The lowest BCUT2D eigenvalue weighted by molar-refractivity contribution is -0.121. The van der Waals surface area contributed by atoms with Gasteiger partial charge >= 0.3 is 5.69 Å². The van der Waals surface area contributed by atoms with Crippen LogP contribution in [0.5, 0.6) is 5.75 Å². The van der Waals surface area contributed by atoms with Crippen LogP contribution in [0.25, 0.3) is 17.1 Å². The van der Waals surface area contributed by atoms with Crippen LogP contribution in [0.15, 0.2) is 47.5 Å². The quantitative estimate of drug-likeness (QED) is 0.580. The minimum absolute atomic E-state index is 0.0386. The van der Waals surface area contributed by atoms with E-state index in [9.17, 15) is 9.59 Å². The average molecular weight is 442 g/mol. The second-order valence-corrected chi connectivity index (χ2v) is 8.27. The summed E-state index contributed by atoms with van der Waals surface area (Å²) in [5, 5.41) is 7.66. The number of aromatic nitrogens is 4. The molecule has 0 unspecified atom stereocenters. The topological polar surface area (TPSA) is 91.0 Å². The van der Waals surface area contributed by atoms with E-state index in [1.54, 1.807) is 36.5 Å². The first kappa shape index (κ1) is 21.1. The maximum absolute atomic E-state index is 13.2. The number of pyridine rings is 1. The van der Waals surface area contributed by atoms with Gasteiger partial charge in [0.1, 0.15) is 12.3 Å². The Kier molecular flexibility index (Phi) is 6.08. The SMILES string of the molecule is CC(C)Oc1ccc(-n2c(-c3ccncc3Cl)nn(CC(=O)NCC3CC3)c2=O)cc1. The molecule has 1 aliphatic carbocycles. The maximum atomic E-state index is 13.2. The molecule has 0 atom stereocenters. The Morgan fingerprint density at radius 2 is 2.00 bits per heavy atom. The molecule has 0 bridgehead atoms. The van der Waals surface area contributed by atoms with Gasteiger partial charge in [-0.25, -0.2) is 14.0 Å². The number of benzene rings is 1. The highest BCUT2D eigenvalue weighted by molar-refractivity contribution is 6.33. The fourth-order valence-electron chi connectivity index (χ4n) is 3.19. The standard InChI is InChI=1S/C22H24ClN5O3/c1-14(2)31-17-7-5-16(6-8-17)28-21(18-9-10-24-12-19(18)23)26-27(22(28)30)13-20(29)25-11-15-3-4-15/h5-10,12,14-15H,3-4,11,13H2,1-2H3,(H,25,29). The summed E-state index contributed by atoms with van der Waals surface area (Å²) in [6, 6.07) is 8.82. The molecule has 4 rings (SSSR count). The van der Waals surface area contributed by atoms with Crippen LogP contribution in [-0.2, 0) is 11.3 Å². The van der Waals surface area contributed by atoms with Gasteiger partial charge in [0.25, 0.3) is 0 Å². The molecule has 3 aromatic rings. The van der Waals surface area contributed by atoms with E-state index >= 15 is 0 Å². The summed E-state index contributed by atoms with van der Waals surface area (Å²) < 4.78 is 8.29. The molecule has 0 spiro atoms. The number of hydrogen-bond donors (Lipinski definition) is 1. The van der Waals surface area contributed by atoms with Crippen LogP contribution in [0.2, 0.25) is 5.02 Å². The molecule has 9 heteroatoms. The van der Waals surface area contributed by atoms with Gasteiger partial charge in [0.15, 0.2) is 5.82 Å². The Morgan fingerprint density at radius 1 is 1.26 bits per heavy atom. The van der Waals surface area contributed by atoms with Gasteiger partial charge in [-0.3, -0.25) is 9.78 Å². The van der Waals surface area contributed by atoms with Gasteiger partial charge in [-0.1, -0.05) is 11.6 Å². The normalized spacial score (nSPS) is 13.4. The number of carbonyl (C=O) groups is 1. The largest absolute Gasteiger partial charge is 0.491 e. The van der Waals surface area contributed by atoms with Crippen molar-refractivity contribution in [2.75, 3.05) is 6.54 Å². The first-order valence-corrected chi connectivity index (χ1v) is 10.6. The number of nitrogens with zero attached hydrogens (tertiary/aromatic N) is 4. The average Bonchev–Trinajstić information content (AvgIpc) is 3.51. The number of carbonyl (C=O) groups excluding carboxylic acids is 1. The van der Waals surface area contributed by atoms with E-state index in [0.29, 0.717) is 40.3 Å². The van der Waals surface area contributed by atoms with Gasteiger partial charge < -0.3 is 10.1 Å². The van der Waals surface area contributed by atoms with Crippen molar-refractivity contribution < 1.29 is 9.53 Å². The first-order valence-electron chi connectivity index (χ1n) is 10.3. The van der Waals surface area contributed by atoms with Crippen molar-refractivity contribution in [3.8, 4) is 22.8 Å². The van der Waals surface area contributed by atoms with E-state index in [2.05, 4.69) is 15.4 Å². The zero-order valence-electron chi connectivity index (χ0n) is 17.4. The highest BCUT2D eigenvalue weighted by atomic mass is 35.5. The van der Waals surface area contributed by atoms with Gasteiger partial charge in [-0.2, -0.15) is 0 Å². The van der Waals surface area contributed by atoms with Gasteiger partial charge in [-0.15, -0.1) is 5.10 Å². The summed E-state index contributed by atoms with van der Waals surface area (Å²) in [4.78, 5) is 29.6. The molecule has 8 nitrogen and oxygen atoms in total. The van der Waals surface area contributed by atoms with Crippen LogP contribution >= 0.6 is 11.6 Å². The van der Waals surface area contributed by atoms with E-state index in [1.165, 1.54) is 10.8 Å². The van der Waals surface area contributed by atoms with Crippen molar-refractivity contribution in [2.24, 2.45) is 5.92 Å². The van der Waals surface area contributed by atoms with Gasteiger partial charge in [0.2, 0.25) is 5.91 Å². The molecule has 31 heavy (non-hydrogen) atoms. The van der Waals surface area contributed by atoms with Crippen LogP contribution in [0.1, 0.15) is 26.7 Å². The van der Waals surface area contributed by atoms with E-state index in [1.807, 2.05) is 13.8 Å².